The van der Waals surface area contributed by atoms with E-state index in [9.17, 15) is 0 Å². The summed E-state index contributed by atoms with van der Waals surface area (Å²) >= 11 is 0. The van der Waals surface area contributed by atoms with Gasteiger partial charge >= 0.3 is 0 Å². The number of nitrogens with zero attached hydrogens (tertiary/aromatic N) is 2. The Morgan fingerprint density at radius 2 is 1.64 bits per heavy atom. The first kappa shape index (κ1) is 16.0. The van der Waals surface area contributed by atoms with Gasteiger partial charge in [-0.05, 0) is 49.7 Å². The van der Waals surface area contributed by atoms with Crippen molar-refractivity contribution in [2.24, 2.45) is 11.8 Å². The molecule has 1 N–H and O–H groups in total. The predicted octanol–water partition coefficient (Wildman–Crippen LogP) is 4.70. The number of fused-ring (bicyclic) bond motifs is 2. The molecule has 1 aromatic rings. The minimum absolute atomic E-state index is 0.721. The Hall–Kier alpha value is -1.22. The molecular weight excluding hydrogens is 306 g/mol. The van der Waals surface area contributed by atoms with E-state index in [-0.39, 0.29) is 0 Å². The van der Waals surface area contributed by atoms with Crippen LogP contribution >= 0.6 is 0 Å². The van der Waals surface area contributed by atoms with Gasteiger partial charge in [0.1, 0.15) is 0 Å². The molecule has 136 valence electrons. The van der Waals surface area contributed by atoms with Crippen LogP contribution in [0.2, 0.25) is 0 Å². The fourth-order valence-electron chi connectivity index (χ4n) is 6.34. The smallest absolute Gasteiger partial charge is 0.0880 e. The predicted molar refractivity (Wildman–Crippen MR) is 105 cm³/mol. The SMILES string of the molecule is c1ccc2c(c1)NCN2C1CCN([C@H]2CCC[C@@H]3CCCC[C@@H]32)CC1. The lowest BCUT2D eigenvalue weighted by atomic mass is 9.67. The van der Waals surface area contributed by atoms with Gasteiger partial charge in [0.25, 0.3) is 0 Å². The van der Waals surface area contributed by atoms with E-state index in [0.717, 1.165) is 30.6 Å². The van der Waals surface area contributed by atoms with E-state index in [2.05, 4.69) is 39.4 Å². The second kappa shape index (κ2) is 6.83. The first-order valence-electron chi connectivity index (χ1n) is 10.7. The molecule has 1 saturated heterocycles. The zero-order chi connectivity index (χ0) is 16.6. The van der Waals surface area contributed by atoms with Crippen LogP contribution in [0.1, 0.15) is 57.8 Å². The van der Waals surface area contributed by atoms with Crippen LogP contribution in [0.15, 0.2) is 24.3 Å². The van der Waals surface area contributed by atoms with E-state index in [0.29, 0.717) is 0 Å². The number of hydrogen-bond acceptors (Lipinski definition) is 3. The van der Waals surface area contributed by atoms with Gasteiger partial charge in [-0.2, -0.15) is 0 Å². The van der Waals surface area contributed by atoms with Crippen molar-refractivity contribution in [2.75, 3.05) is 30.0 Å². The monoisotopic (exact) mass is 339 g/mol. The number of likely N-dealkylation sites (tertiary alicyclic amines) is 1. The van der Waals surface area contributed by atoms with Gasteiger partial charge in [-0.25, -0.2) is 0 Å². The molecule has 0 amide bonds. The quantitative estimate of drug-likeness (QED) is 0.842. The fourth-order valence-corrected chi connectivity index (χ4v) is 6.34. The summed E-state index contributed by atoms with van der Waals surface area (Å²) < 4.78 is 0. The number of piperidine rings is 1. The zero-order valence-electron chi connectivity index (χ0n) is 15.5. The second-order valence-corrected chi connectivity index (χ2v) is 8.80. The van der Waals surface area contributed by atoms with Crippen LogP contribution in [-0.4, -0.2) is 36.7 Å². The molecule has 0 radical (unpaired) electrons. The van der Waals surface area contributed by atoms with Gasteiger partial charge in [0, 0.05) is 25.2 Å². The summed E-state index contributed by atoms with van der Waals surface area (Å²) in [6.07, 6.45) is 13.2. The van der Waals surface area contributed by atoms with Gasteiger partial charge < -0.3 is 10.2 Å². The third kappa shape index (κ3) is 2.95. The topological polar surface area (TPSA) is 18.5 Å². The van der Waals surface area contributed by atoms with E-state index in [1.54, 1.807) is 0 Å². The summed E-state index contributed by atoms with van der Waals surface area (Å²) in [6.45, 7) is 3.63. The Labute approximate surface area is 152 Å². The maximum Gasteiger partial charge on any atom is 0.0880 e. The Morgan fingerprint density at radius 1 is 0.840 bits per heavy atom. The molecule has 1 aromatic carbocycles. The van der Waals surface area contributed by atoms with E-state index >= 15 is 0 Å². The summed E-state index contributed by atoms with van der Waals surface area (Å²) in [4.78, 5) is 5.52. The average molecular weight is 340 g/mol. The minimum atomic E-state index is 0.721. The molecule has 2 heterocycles. The molecule has 2 aliphatic heterocycles. The van der Waals surface area contributed by atoms with Gasteiger partial charge in [-0.15, -0.1) is 0 Å². The van der Waals surface area contributed by atoms with Gasteiger partial charge in [-0.1, -0.05) is 44.2 Å². The van der Waals surface area contributed by atoms with Crippen LogP contribution in [0.4, 0.5) is 11.4 Å². The standard InChI is InChI=1S/C22H33N3/c1-2-8-19-17(6-1)7-5-11-21(19)24-14-12-18(13-15-24)25-16-23-20-9-3-4-10-22(20)25/h3-4,9-10,17-19,21,23H,1-2,5-8,11-16H2/t17-,19-,21-/m0/s1. The summed E-state index contributed by atoms with van der Waals surface area (Å²) in [6, 6.07) is 10.5. The van der Waals surface area contributed by atoms with Crippen molar-refractivity contribution in [1.29, 1.82) is 0 Å². The Balaban J connectivity index is 1.23. The molecule has 2 saturated carbocycles. The Kier molecular flexibility index (Phi) is 4.37. The highest BCUT2D eigenvalue weighted by molar-refractivity contribution is 5.74. The molecule has 3 heteroatoms. The largest absolute Gasteiger partial charge is 0.366 e. The fraction of sp³-hybridized carbons (Fsp3) is 0.727. The van der Waals surface area contributed by atoms with E-state index < -0.39 is 0 Å². The number of benzene rings is 1. The molecule has 2 aliphatic carbocycles. The van der Waals surface area contributed by atoms with E-state index in [4.69, 9.17) is 0 Å². The van der Waals surface area contributed by atoms with Crippen molar-refractivity contribution in [3.63, 3.8) is 0 Å². The first-order chi connectivity index (χ1) is 12.4. The van der Waals surface area contributed by atoms with Crippen molar-refractivity contribution in [1.82, 2.24) is 4.90 Å². The molecule has 5 rings (SSSR count). The van der Waals surface area contributed by atoms with Crippen molar-refractivity contribution in [3.8, 4) is 0 Å². The minimum Gasteiger partial charge on any atom is -0.366 e. The number of rotatable bonds is 2. The summed E-state index contributed by atoms with van der Waals surface area (Å²) in [5.74, 6) is 2.08. The van der Waals surface area contributed by atoms with Crippen LogP contribution in [-0.2, 0) is 0 Å². The van der Waals surface area contributed by atoms with Crippen molar-refractivity contribution < 1.29 is 0 Å². The van der Waals surface area contributed by atoms with E-state index in [1.165, 1.54) is 82.3 Å². The summed E-state index contributed by atoms with van der Waals surface area (Å²) in [5.41, 5.74) is 2.74. The molecule has 25 heavy (non-hydrogen) atoms. The van der Waals surface area contributed by atoms with Crippen molar-refractivity contribution in [2.45, 2.75) is 69.9 Å². The van der Waals surface area contributed by atoms with Gasteiger partial charge in [0.15, 0.2) is 0 Å². The average Bonchev–Trinajstić information content (AvgIpc) is 3.12. The Morgan fingerprint density at radius 3 is 2.56 bits per heavy atom. The Bertz CT molecular complexity index is 591. The lowest BCUT2D eigenvalue weighted by Gasteiger charge is -2.49. The molecule has 0 spiro atoms. The second-order valence-electron chi connectivity index (χ2n) is 8.80. The highest BCUT2D eigenvalue weighted by atomic mass is 15.3. The van der Waals surface area contributed by atoms with Crippen LogP contribution in [0, 0.1) is 11.8 Å². The molecule has 3 nitrogen and oxygen atoms in total. The van der Waals surface area contributed by atoms with E-state index in [1.807, 2.05) is 0 Å². The third-order valence-corrected chi connectivity index (χ3v) is 7.60. The van der Waals surface area contributed by atoms with Crippen molar-refractivity contribution in [3.05, 3.63) is 24.3 Å². The van der Waals surface area contributed by atoms with Crippen molar-refractivity contribution >= 4 is 11.4 Å². The maximum absolute atomic E-state index is 3.57. The molecule has 3 atom stereocenters. The van der Waals surface area contributed by atoms with Crippen LogP contribution in [0.5, 0.6) is 0 Å². The maximum atomic E-state index is 3.57. The third-order valence-electron chi connectivity index (χ3n) is 7.60. The van der Waals surface area contributed by atoms with Gasteiger partial charge in [0.2, 0.25) is 0 Å². The van der Waals surface area contributed by atoms with Crippen LogP contribution < -0.4 is 10.2 Å². The van der Waals surface area contributed by atoms with Gasteiger partial charge in [-0.3, -0.25) is 4.90 Å². The molecule has 0 unspecified atom stereocenters. The van der Waals surface area contributed by atoms with Crippen LogP contribution in [0.25, 0.3) is 0 Å². The molecule has 3 fully saturated rings. The molecule has 0 aromatic heterocycles. The number of anilines is 2. The zero-order valence-corrected chi connectivity index (χ0v) is 15.5. The molecular formula is C22H33N3. The normalized spacial score (nSPS) is 33.6. The highest BCUT2D eigenvalue weighted by Gasteiger charge is 2.39. The summed E-state index contributed by atoms with van der Waals surface area (Å²) in [7, 11) is 0. The lowest BCUT2D eigenvalue weighted by Crippen LogP contribution is -2.52. The van der Waals surface area contributed by atoms with Crippen LogP contribution in [0.3, 0.4) is 0 Å². The van der Waals surface area contributed by atoms with Gasteiger partial charge in [0.05, 0.1) is 18.0 Å². The molecule has 0 bridgehead atoms. The number of para-hydroxylation sites is 2. The number of hydrogen-bond donors (Lipinski definition) is 1. The highest BCUT2D eigenvalue weighted by Crippen LogP contribution is 2.43. The lowest BCUT2D eigenvalue weighted by molar-refractivity contribution is 0.0270. The first-order valence-corrected chi connectivity index (χ1v) is 10.7. The summed E-state index contributed by atoms with van der Waals surface area (Å²) in [5, 5.41) is 3.57. The number of nitrogens with one attached hydrogen (secondary N) is 1. The molecule has 4 aliphatic rings.